The van der Waals surface area contributed by atoms with Gasteiger partial charge in [0.1, 0.15) is 11.6 Å². The van der Waals surface area contributed by atoms with Crippen LogP contribution in [0.2, 0.25) is 0 Å². The van der Waals surface area contributed by atoms with Crippen molar-refractivity contribution in [2.24, 2.45) is 0 Å². The molecule has 0 bridgehead atoms. The highest BCUT2D eigenvalue weighted by Gasteiger charge is 2.35. The molecule has 104 valence electrons. The third kappa shape index (κ3) is 4.64. The Morgan fingerprint density at radius 1 is 1.33 bits per heavy atom. The lowest BCUT2D eigenvalue weighted by Gasteiger charge is -2.26. The van der Waals surface area contributed by atoms with Gasteiger partial charge in [-0.15, -0.1) is 0 Å². The first-order chi connectivity index (χ1) is 8.33. The molecule has 0 aromatic heterocycles. The smallest absolute Gasteiger partial charge is 0.323 e. The van der Waals surface area contributed by atoms with E-state index in [-0.39, 0.29) is 24.5 Å². The predicted molar refractivity (Wildman–Crippen MR) is 67.1 cm³/mol. The van der Waals surface area contributed by atoms with Crippen molar-refractivity contribution in [3.05, 3.63) is 0 Å². The fraction of sp³-hybridized carbons (Fsp3) is 0.846. The Labute approximate surface area is 108 Å². The van der Waals surface area contributed by atoms with Crippen molar-refractivity contribution >= 4 is 11.9 Å². The second kappa shape index (κ2) is 6.18. The minimum Gasteiger partial charge on any atom is -0.465 e. The minimum absolute atomic E-state index is 0.164. The third-order valence-corrected chi connectivity index (χ3v) is 2.68. The summed E-state index contributed by atoms with van der Waals surface area (Å²) in [5.74, 6) is -0.530. The van der Waals surface area contributed by atoms with Crippen LogP contribution in [0.5, 0.6) is 0 Å². The molecule has 0 aliphatic carbocycles. The molecule has 18 heavy (non-hydrogen) atoms. The van der Waals surface area contributed by atoms with Gasteiger partial charge in [0.15, 0.2) is 0 Å². The summed E-state index contributed by atoms with van der Waals surface area (Å²) in [5, 5.41) is 0. The summed E-state index contributed by atoms with van der Waals surface area (Å²) in [7, 11) is 0. The summed E-state index contributed by atoms with van der Waals surface area (Å²) in [6, 6.07) is -0.311. The van der Waals surface area contributed by atoms with Crippen LogP contribution < -0.4 is 0 Å². The first kappa shape index (κ1) is 15.0. The zero-order valence-electron chi connectivity index (χ0n) is 11.7. The minimum atomic E-state index is -0.491. The van der Waals surface area contributed by atoms with E-state index in [1.54, 1.807) is 6.92 Å². The van der Waals surface area contributed by atoms with E-state index in [1.807, 2.05) is 25.7 Å². The van der Waals surface area contributed by atoms with Crippen LogP contribution in [0.25, 0.3) is 0 Å². The fourth-order valence-electron chi connectivity index (χ4n) is 2.02. The number of esters is 2. The highest BCUT2D eigenvalue weighted by molar-refractivity contribution is 5.78. The molecule has 5 nitrogen and oxygen atoms in total. The molecule has 0 N–H and O–H groups in total. The van der Waals surface area contributed by atoms with Crippen LogP contribution in [0.3, 0.4) is 0 Å². The molecule has 0 aromatic rings. The molecule has 1 fully saturated rings. The van der Waals surface area contributed by atoms with Gasteiger partial charge < -0.3 is 9.47 Å². The Balaban J connectivity index is 2.54. The third-order valence-electron chi connectivity index (χ3n) is 2.68. The second-order valence-electron chi connectivity index (χ2n) is 5.47. The van der Waals surface area contributed by atoms with Crippen LogP contribution in [-0.2, 0) is 19.1 Å². The molecule has 1 aliphatic heterocycles. The van der Waals surface area contributed by atoms with Crippen LogP contribution in [0, 0.1) is 0 Å². The highest BCUT2D eigenvalue weighted by Crippen LogP contribution is 2.20. The zero-order valence-corrected chi connectivity index (χ0v) is 11.7. The number of carbonyl (C=O) groups excluding carboxylic acids is 2. The number of hydrogen-bond acceptors (Lipinski definition) is 5. The van der Waals surface area contributed by atoms with Gasteiger partial charge in [0.25, 0.3) is 0 Å². The van der Waals surface area contributed by atoms with Gasteiger partial charge >= 0.3 is 11.9 Å². The van der Waals surface area contributed by atoms with Crippen molar-refractivity contribution in [3.8, 4) is 0 Å². The average Bonchev–Trinajstić information content (AvgIpc) is 2.63. The van der Waals surface area contributed by atoms with Crippen LogP contribution in [-0.4, -0.2) is 48.2 Å². The fourth-order valence-corrected chi connectivity index (χ4v) is 2.02. The molecule has 1 atom stereocenters. The lowest BCUT2D eigenvalue weighted by atomic mass is 10.1. The van der Waals surface area contributed by atoms with Crippen molar-refractivity contribution < 1.29 is 19.1 Å². The van der Waals surface area contributed by atoms with Crippen molar-refractivity contribution in [2.75, 3.05) is 19.7 Å². The van der Waals surface area contributed by atoms with E-state index in [2.05, 4.69) is 0 Å². The molecule has 0 amide bonds. The first-order valence-corrected chi connectivity index (χ1v) is 6.46. The molecule has 0 saturated carbocycles. The number of hydrogen-bond donors (Lipinski definition) is 0. The van der Waals surface area contributed by atoms with Gasteiger partial charge in [0.2, 0.25) is 0 Å². The van der Waals surface area contributed by atoms with Gasteiger partial charge in [-0.2, -0.15) is 0 Å². The largest absolute Gasteiger partial charge is 0.465 e. The molecule has 5 heteroatoms. The molecule has 1 unspecified atom stereocenters. The first-order valence-electron chi connectivity index (χ1n) is 6.46. The van der Waals surface area contributed by atoms with Gasteiger partial charge in [-0.05, 0) is 47.1 Å². The monoisotopic (exact) mass is 257 g/mol. The molecular weight excluding hydrogens is 234 g/mol. The van der Waals surface area contributed by atoms with Crippen molar-refractivity contribution in [1.29, 1.82) is 0 Å². The maximum absolute atomic E-state index is 12.0. The lowest BCUT2D eigenvalue weighted by molar-refractivity contribution is -0.161. The lowest BCUT2D eigenvalue weighted by Crippen LogP contribution is -2.43. The van der Waals surface area contributed by atoms with Gasteiger partial charge in [-0.25, -0.2) is 0 Å². The van der Waals surface area contributed by atoms with Gasteiger partial charge in [0, 0.05) is 0 Å². The SMILES string of the molecule is CCOC(=O)CN1CCCC1C(=O)OC(C)(C)C. The predicted octanol–water partition coefficient (Wildman–Crippen LogP) is 1.36. The summed E-state index contributed by atoms with van der Waals surface area (Å²) in [6.45, 7) is 8.57. The Morgan fingerprint density at radius 3 is 2.56 bits per heavy atom. The normalized spacial score (nSPS) is 20.8. The Morgan fingerprint density at radius 2 is 2.00 bits per heavy atom. The van der Waals surface area contributed by atoms with E-state index < -0.39 is 5.60 Å². The van der Waals surface area contributed by atoms with Crippen LogP contribution in [0.15, 0.2) is 0 Å². The molecule has 1 heterocycles. The maximum Gasteiger partial charge on any atom is 0.323 e. The van der Waals surface area contributed by atoms with Crippen LogP contribution in [0.4, 0.5) is 0 Å². The van der Waals surface area contributed by atoms with Gasteiger partial charge in [-0.1, -0.05) is 0 Å². The number of carbonyl (C=O) groups is 2. The van der Waals surface area contributed by atoms with Crippen molar-refractivity contribution in [2.45, 2.75) is 52.2 Å². The van der Waals surface area contributed by atoms with E-state index in [4.69, 9.17) is 9.47 Å². The molecule has 1 aliphatic rings. The summed E-state index contributed by atoms with van der Waals surface area (Å²) in [6.07, 6.45) is 1.65. The molecule has 0 radical (unpaired) electrons. The standard InChI is InChI=1S/C13H23NO4/c1-5-17-11(15)9-14-8-6-7-10(14)12(16)18-13(2,3)4/h10H,5-9H2,1-4H3. The summed E-state index contributed by atoms with van der Waals surface area (Å²) in [4.78, 5) is 25.3. The van der Waals surface area contributed by atoms with E-state index in [0.717, 1.165) is 19.4 Å². The number of nitrogens with zero attached hydrogens (tertiary/aromatic N) is 1. The van der Waals surface area contributed by atoms with E-state index in [1.165, 1.54) is 0 Å². The topological polar surface area (TPSA) is 55.8 Å². The summed E-state index contributed by atoms with van der Waals surface area (Å²) in [5.41, 5.74) is -0.491. The molecule has 0 aromatic carbocycles. The summed E-state index contributed by atoms with van der Waals surface area (Å²) < 4.78 is 10.3. The Kier molecular flexibility index (Phi) is 5.14. The second-order valence-corrected chi connectivity index (χ2v) is 5.47. The van der Waals surface area contributed by atoms with E-state index >= 15 is 0 Å². The zero-order chi connectivity index (χ0) is 13.8. The van der Waals surface area contributed by atoms with Crippen LogP contribution in [0.1, 0.15) is 40.5 Å². The number of likely N-dealkylation sites (tertiary alicyclic amines) is 1. The highest BCUT2D eigenvalue weighted by atomic mass is 16.6. The average molecular weight is 257 g/mol. The number of ether oxygens (including phenoxy) is 2. The molecule has 1 saturated heterocycles. The van der Waals surface area contributed by atoms with Crippen molar-refractivity contribution in [3.63, 3.8) is 0 Å². The Hall–Kier alpha value is -1.10. The number of rotatable bonds is 4. The molecular formula is C13H23NO4. The summed E-state index contributed by atoms with van der Waals surface area (Å²) >= 11 is 0. The van der Waals surface area contributed by atoms with Gasteiger partial charge in [-0.3, -0.25) is 14.5 Å². The maximum atomic E-state index is 12.0. The molecule has 1 rings (SSSR count). The molecule has 0 spiro atoms. The van der Waals surface area contributed by atoms with Gasteiger partial charge in [0.05, 0.1) is 13.2 Å². The van der Waals surface area contributed by atoms with E-state index in [9.17, 15) is 9.59 Å². The quantitative estimate of drug-likeness (QED) is 0.712. The van der Waals surface area contributed by atoms with E-state index in [0.29, 0.717) is 6.61 Å². The van der Waals surface area contributed by atoms with Crippen LogP contribution >= 0.6 is 0 Å². The van der Waals surface area contributed by atoms with Crippen molar-refractivity contribution in [1.82, 2.24) is 4.90 Å². The Bertz CT molecular complexity index is 309.